The summed E-state index contributed by atoms with van der Waals surface area (Å²) in [6, 6.07) is 12.2. The van der Waals surface area contributed by atoms with Gasteiger partial charge in [0.15, 0.2) is 14.0 Å². The van der Waals surface area contributed by atoms with Crippen molar-refractivity contribution >= 4 is 55.9 Å². The third-order valence-electron chi connectivity index (χ3n) is 10.9. The molecule has 16 nitrogen and oxygen atoms in total. The minimum absolute atomic E-state index is 0.0500. The van der Waals surface area contributed by atoms with Gasteiger partial charge in [-0.1, -0.05) is 59.6 Å². The maximum Gasteiger partial charge on any atom is 0.511 e. The number of unbranched alkanes of at least 4 members (excludes halogenated alkanes) is 3. The molecule has 0 saturated heterocycles. The van der Waals surface area contributed by atoms with Crippen LogP contribution in [0.1, 0.15) is 123 Å². The van der Waals surface area contributed by atoms with Gasteiger partial charge in [-0.2, -0.15) is 0 Å². The van der Waals surface area contributed by atoms with Crippen LogP contribution in [-0.4, -0.2) is 88.4 Å². The summed E-state index contributed by atoms with van der Waals surface area (Å²) in [6.07, 6.45) is 3.34. The number of amides is 3. The minimum atomic E-state index is -2.12. The lowest BCUT2D eigenvalue weighted by Gasteiger charge is -2.36. The predicted octanol–water partition coefficient (Wildman–Crippen LogP) is 9.49. The van der Waals surface area contributed by atoms with Crippen molar-refractivity contribution in [1.82, 2.24) is 15.6 Å². The molecular formula is C47H63N5O11Si. The Kier molecular flexibility index (Phi) is 18.2. The molecule has 4 N–H and O–H groups in total. The van der Waals surface area contributed by atoms with Crippen LogP contribution in [0.15, 0.2) is 55.1 Å². The normalized spacial score (nSPS) is 13.4. The number of nitrogens with one attached hydrogen (secondary N) is 4. The van der Waals surface area contributed by atoms with Gasteiger partial charge in [0, 0.05) is 47.0 Å². The molecule has 2 atom stereocenters. The maximum atomic E-state index is 14.2. The number of methoxy groups -OCH3 is 1. The largest absolute Gasteiger partial charge is 0.511 e. The molecule has 346 valence electrons. The first-order valence-corrected chi connectivity index (χ1v) is 24.5. The van der Waals surface area contributed by atoms with E-state index < -0.39 is 50.7 Å². The van der Waals surface area contributed by atoms with Gasteiger partial charge in [-0.15, -0.1) is 0 Å². The van der Waals surface area contributed by atoms with E-state index in [-0.39, 0.29) is 52.2 Å². The molecule has 1 fully saturated rings. The van der Waals surface area contributed by atoms with E-state index in [0.29, 0.717) is 35.0 Å². The Morgan fingerprint density at radius 3 is 2.27 bits per heavy atom. The number of carbonyl (C=O) groups is 5. The van der Waals surface area contributed by atoms with E-state index in [4.69, 9.17) is 33.5 Å². The number of benzene rings is 2. The smallest absolute Gasteiger partial charge is 0.496 e. The zero-order valence-electron chi connectivity index (χ0n) is 38.4. The number of amidine groups is 1. The Bertz CT molecular complexity index is 2170. The average Bonchev–Trinajstić information content (AvgIpc) is 4.08. The number of ether oxygens (including phenoxy) is 5. The SMILES string of the molecule is C=Cc1cc(C(=O)Nc2ccc(C(=N)NC(=O)OCCCCCC)cc2)c(-c2ccc(C(=O)NCC3CC3)nc2C(=O)OC(C)OC(=O)OC(C)CO[Si](C)(C)C(C)(C)C)cc1OC. The highest BCUT2D eigenvalue weighted by Gasteiger charge is 2.38. The van der Waals surface area contributed by atoms with Crippen LogP contribution in [0.2, 0.25) is 18.1 Å². The molecule has 0 radical (unpaired) electrons. The second-order valence-electron chi connectivity index (χ2n) is 17.2. The fourth-order valence-corrected chi connectivity index (χ4v) is 6.99. The van der Waals surface area contributed by atoms with Crippen molar-refractivity contribution in [3.8, 4) is 16.9 Å². The van der Waals surface area contributed by atoms with Crippen LogP contribution in [0.4, 0.5) is 15.3 Å². The summed E-state index contributed by atoms with van der Waals surface area (Å²) < 4.78 is 33.2. The highest BCUT2D eigenvalue weighted by Crippen LogP contribution is 2.37. The van der Waals surface area contributed by atoms with E-state index in [1.807, 2.05) is 0 Å². The molecule has 1 aliphatic carbocycles. The number of hydrogen-bond donors (Lipinski definition) is 4. The Hall–Kier alpha value is -6.07. The first-order valence-electron chi connectivity index (χ1n) is 21.6. The second kappa shape index (κ2) is 23.0. The maximum absolute atomic E-state index is 14.2. The van der Waals surface area contributed by atoms with E-state index in [1.165, 1.54) is 44.4 Å². The average molecular weight is 902 g/mol. The lowest BCUT2D eigenvalue weighted by Crippen LogP contribution is -2.42. The number of aromatic nitrogens is 1. The van der Waals surface area contributed by atoms with Crippen LogP contribution >= 0.6 is 0 Å². The number of rotatable bonds is 21. The van der Waals surface area contributed by atoms with Crippen LogP contribution in [-0.2, 0) is 23.4 Å². The van der Waals surface area contributed by atoms with E-state index >= 15 is 0 Å². The Morgan fingerprint density at radius 2 is 1.64 bits per heavy atom. The van der Waals surface area contributed by atoms with Crippen LogP contribution in [0.5, 0.6) is 5.75 Å². The zero-order chi connectivity index (χ0) is 47.2. The van der Waals surface area contributed by atoms with E-state index in [2.05, 4.69) is 68.3 Å². The standard InChI is InChI=1S/C47H63N5O11Si/c1-11-13-14-15-24-59-45(56)52-41(48)33-18-20-34(21-19-33)50-42(53)37-25-32(12-2)39(58-8)26-36(37)35-22-23-38(43(54)49-27-31-16-17-31)51-40(35)44(55)62-30(4)63-46(57)61-29(3)28-60-64(9,10)47(5,6)7/h12,18-23,25-26,29-31H,2,11,13-17,24,27-28H2,1,3-10H3,(H,49,54)(H,50,53)(H2,48,52,56). The molecule has 3 amide bonds. The lowest BCUT2D eigenvalue weighted by atomic mass is 9.94. The van der Waals surface area contributed by atoms with Crippen molar-refractivity contribution in [1.29, 1.82) is 5.41 Å². The van der Waals surface area contributed by atoms with Crippen molar-refractivity contribution < 1.29 is 52.1 Å². The number of hydrogen-bond acceptors (Lipinski definition) is 13. The molecule has 4 rings (SSSR count). The molecule has 0 bridgehead atoms. The molecule has 64 heavy (non-hydrogen) atoms. The van der Waals surface area contributed by atoms with Crippen LogP contribution < -0.4 is 20.7 Å². The molecule has 17 heteroatoms. The molecule has 0 spiro atoms. The summed E-state index contributed by atoms with van der Waals surface area (Å²) in [5, 5.41) is 16.4. The molecule has 1 aliphatic rings. The molecule has 2 aromatic carbocycles. The topological polar surface area (TPSA) is 214 Å². The third kappa shape index (κ3) is 14.8. The van der Waals surface area contributed by atoms with Gasteiger partial charge in [0.05, 0.1) is 20.3 Å². The van der Waals surface area contributed by atoms with Crippen molar-refractivity contribution in [2.75, 3.05) is 32.2 Å². The summed E-state index contributed by atoms with van der Waals surface area (Å²) in [4.78, 5) is 70.9. The molecule has 0 aliphatic heterocycles. The van der Waals surface area contributed by atoms with Crippen molar-refractivity contribution in [2.45, 2.75) is 111 Å². The van der Waals surface area contributed by atoms with Gasteiger partial charge in [-0.05, 0) is 98.8 Å². The highest BCUT2D eigenvalue weighted by molar-refractivity contribution is 6.74. The van der Waals surface area contributed by atoms with Gasteiger partial charge in [0.1, 0.15) is 23.4 Å². The number of carbonyl (C=O) groups excluding carboxylic acids is 5. The molecule has 1 aromatic heterocycles. The van der Waals surface area contributed by atoms with E-state index in [1.54, 1.807) is 31.2 Å². The molecule has 1 saturated carbocycles. The second-order valence-corrected chi connectivity index (χ2v) is 22.0. The van der Waals surface area contributed by atoms with Gasteiger partial charge in [-0.3, -0.25) is 20.3 Å². The Labute approximate surface area is 376 Å². The van der Waals surface area contributed by atoms with Gasteiger partial charge >= 0.3 is 18.2 Å². The van der Waals surface area contributed by atoms with Crippen molar-refractivity contribution in [2.24, 2.45) is 5.92 Å². The molecule has 3 aromatic rings. The highest BCUT2D eigenvalue weighted by atomic mass is 28.4. The lowest BCUT2D eigenvalue weighted by molar-refractivity contribution is -0.0908. The van der Waals surface area contributed by atoms with Crippen molar-refractivity contribution in [3.63, 3.8) is 0 Å². The monoisotopic (exact) mass is 901 g/mol. The number of esters is 1. The van der Waals surface area contributed by atoms with Crippen LogP contribution in [0.25, 0.3) is 17.2 Å². The number of anilines is 1. The Morgan fingerprint density at radius 1 is 0.938 bits per heavy atom. The summed E-state index contributed by atoms with van der Waals surface area (Å²) in [5.41, 5.74) is 1.09. The van der Waals surface area contributed by atoms with Gasteiger partial charge in [-0.25, -0.2) is 19.4 Å². The molecule has 1 heterocycles. The number of alkyl carbamates (subject to hydrolysis) is 1. The van der Waals surface area contributed by atoms with Crippen LogP contribution in [0, 0.1) is 11.3 Å². The van der Waals surface area contributed by atoms with E-state index in [0.717, 1.165) is 38.5 Å². The summed E-state index contributed by atoms with van der Waals surface area (Å²) in [6.45, 7) is 20.2. The molecular weight excluding hydrogens is 839 g/mol. The fraction of sp³-hybridized carbons (Fsp3) is 0.468. The summed E-state index contributed by atoms with van der Waals surface area (Å²) in [7, 11) is -0.684. The van der Waals surface area contributed by atoms with Gasteiger partial charge in [0.25, 0.3) is 11.8 Å². The minimum Gasteiger partial charge on any atom is -0.496 e. The first-order chi connectivity index (χ1) is 30.3. The number of pyridine rings is 1. The predicted molar refractivity (Wildman–Crippen MR) is 246 cm³/mol. The zero-order valence-corrected chi connectivity index (χ0v) is 39.4. The third-order valence-corrected chi connectivity index (χ3v) is 15.4. The quantitative estimate of drug-likeness (QED) is 0.0150. The Balaban J connectivity index is 1.59. The van der Waals surface area contributed by atoms with Crippen LogP contribution in [0.3, 0.4) is 0 Å². The summed E-state index contributed by atoms with van der Waals surface area (Å²) >= 11 is 0. The van der Waals surface area contributed by atoms with Gasteiger partial charge in [0.2, 0.25) is 6.29 Å². The molecule has 2 unspecified atom stereocenters. The van der Waals surface area contributed by atoms with E-state index in [9.17, 15) is 24.0 Å². The summed E-state index contributed by atoms with van der Waals surface area (Å²) in [5.74, 6) is -1.68. The fourth-order valence-electron chi connectivity index (χ4n) is 5.91. The van der Waals surface area contributed by atoms with Gasteiger partial charge < -0.3 is 38.7 Å². The number of nitrogens with zero attached hydrogens (tertiary/aromatic N) is 1. The van der Waals surface area contributed by atoms with Crippen molar-refractivity contribution in [3.05, 3.63) is 83.2 Å². The first kappa shape index (κ1) is 50.6.